The standard InChI is InChI=1S/C16H20FN3O2/c1-9(14-5-4-6-22-14)18-16-11-7-15(21-3)12(17)8-13(11)19-10(2)20-16/h7-9,14H,4-6H2,1-3H3,(H,18,19,20). The maximum Gasteiger partial charge on any atom is 0.167 e. The minimum atomic E-state index is -0.425. The Kier molecular flexibility index (Phi) is 4.11. The average Bonchev–Trinajstić information content (AvgIpc) is 3.00. The van der Waals surface area contributed by atoms with E-state index in [-0.39, 0.29) is 17.9 Å². The highest BCUT2D eigenvalue weighted by Crippen LogP contribution is 2.29. The minimum absolute atomic E-state index is 0.121. The molecule has 2 unspecified atom stereocenters. The van der Waals surface area contributed by atoms with Gasteiger partial charge in [0, 0.05) is 18.1 Å². The molecule has 2 heterocycles. The maximum atomic E-state index is 13.9. The summed E-state index contributed by atoms with van der Waals surface area (Å²) in [7, 11) is 1.45. The molecule has 22 heavy (non-hydrogen) atoms. The number of nitrogens with one attached hydrogen (secondary N) is 1. The third-order valence-electron chi connectivity index (χ3n) is 3.97. The Morgan fingerprint density at radius 3 is 2.91 bits per heavy atom. The van der Waals surface area contributed by atoms with Gasteiger partial charge in [-0.3, -0.25) is 0 Å². The monoisotopic (exact) mass is 305 g/mol. The number of rotatable bonds is 4. The largest absolute Gasteiger partial charge is 0.494 e. The van der Waals surface area contributed by atoms with Crippen LogP contribution in [0.3, 0.4) is 0 Å². The van der Waals surface area contributed by atoms with E-state index in [1.807, 2.05) is 0 Å². The first-order valence-electron chi connectivity index (χ1n) is 7.48. The van der Waals surface area contributed by atoms with Crippen molar-refractivity contribution in [3.05, 3.63) is 23.8 Å². The lowest BCUT2D eigenvalue weighted by atomic mass is 10.1. The summed E-state index contributed by atoms with van der Waals surface area (Å²) >= 11 is 0. The first-order chi connectivity index (χ1) is 10.6. The summed E-state index contributed by atoms with van der Waals surface area (Å²) in [6.07, 6.45) is 2.29. The molecule has 2 atom stereocenters. The van der Waals surface area contributed by atoms with Crippen LogP contribution in [0.2, 0.25) is 0 Å². The molecule has 0 aliphatic carbocycles. The van der Waals surface area contributed by atoms with Crippen LogP contribution in [-0.2, 0) is 4.74 Å². The molecule has 1 aromatic carbocycles. The van der Waals surface area contributed by atoms with Gasteiger partial charge in [0.25, 0.3) is 0 Å². The second kappa shape index (κ2) is 6.04. The normalized spacial score (nSPS) is 19.4. The quantitative estimate of drug-likeness (QED) is 0.941. The van der Waals surface area contributed by atoms with E-state index in [1.165, 1.54) is 13.2 Å². The van der Waals surface area contributed by atoms with Gasteiger partial charge < -0.3 is 14.8 Å². The lowest BCUT2D eigenvalue weighted by Crippen LogP contribution is -2.30. The minimum Gasteiger partial charge on any atom is -0.494 e. The number of hydrogen-bond acceptors (Lipinski definition) is 5. The molecule has 2 aromatic rings. The zero-order chi connectivity index (χ0) is 15.7. The molecule has 5 nitrogen and oxygen atoms in total. The van der Waals surface area contributed by atoms with Crippen LogP contribution < -0.4 is 10.1 Å². The highest BCUT2D eigenvalue weighted by Gasteiger charge is 2.23. The van der Waals surface area contributed by atoms with Gasteiger partial charge in [-0.05, 0) is 32.8 Å². The van der Waals surface area contributed by atoms with Crippen LogP contribution in [-0.4, -0.2) is 35.8 Å². The van der Waals surface area contributed by atoms with Crippen molar-refractivity contribution in [3.8, 4) is 5.75 Å². The van der Waals surface area contributed by atoms with Gasteiger partial charge in [0.2, 0.25) is 0 Å². The summed E-state index contributed by atoms with van der Waals surface area (Å²) < 4.78 is 24.6. The molecular formula is C16H20FN3O2. The number of nitrogens with zero attached hydrogens (tertiary/aromatic N) is 2. The van der Waals surface area contributed by atoms with Crippen molar-refractivity contribution >= 4 is 16.7 Å². The van der Waals surface area contributed by atoms with E-state index in [1.54, 1.807) is 13.0 Å². The Hall–Kier alpha value is -1.95. The van der Waals surface area contributed by atoms with Crippen LogP contribution in [0.1, 0.15) is 25.6 Å². The van der Waals surface area contributed by atoms with Gasteiger partial charge in [-0.15, -0.1) is 0 Å². The van der Waals surface area contributed by atoms with Crippen LogP contribution in [0.5, 0.6) is 5.75 Å². The fraction of sp³-hybridized carbons (Fsp3) is 0.500. The van der Waals surface area contributed by atoms with Crippen molar-refractivity contribution in [1.29, 1.82) is 0 Å². The van der Waals surface area contributed by atoms with Crippen LogP contribution in [0.4, 0.5) is 10.2 Å². The van der Waals surface area contributed by atoms with E-state index in [0.29, 0.717) is 17.2 Å². The topological polar surface area (TPSA) is 56.3 Å². The smallest absolute Gasteiger partial charge is 0.167 e. The highest BCUT2D eigenvalue weighted by atomic mass is 19.1. The van der Waals surface area contributed by atoms with Crippen LogP contribution in [0, 0.1) is 12.7 Å². The van der Waals surface area contributed by atoms with Crippen molar-refractivity contribution in [3.63, 3.8) is 0 Å². The predicted molar refractivity (Wildman–Crippen MR) is 82.8 cm³/mol. The molecule has 0 bridgehead atoms. The van der Waals surface area contributed by atoms with Crippen molar-refractivity contribution < 1.29 is 13.9 Å². The Morgan fingerprint density at radius 1 is 1.41 bits per heavy atom. The molecule has 6 heteroatoms. The summed E-state index contributed by atoms with van der Waals surface area (Å²) in [5, 5.41) is 4.13. The summed E-state index contributed by atoms with van der Waals surface area (Å²) in [6, 6.07) is 3.13. The van der Waals surface area contributed by atoms with Crippen molar-refractivity contribution in [2.45, 2.75) is 38.8 Å². The Bertz CT molecular complexity index is 687. The molecule has 1 aliphatic heterocycles. The first kappa shape index (κ1) is 15.0. The summed E-state index contributed by atoms with van der Waals surface area (Å²) in [6.45, 7) is 4.67. The van der Waals surface area contributed by atoms with E-state index >= 15 is 0 Å². The molecule has 1 aromatic heterocycles. The molecule has 118 valence electrons. The molecule has 1 fully saturated rings. The second-order valence-corrected chi connectivity index (χ2v) is 5.61. The maximum absolute atomic E-state index is 13.9. The van der Waals surface area contributed by atoms with Crippen molar-refractivity contribution in [2.75, 3.05) is 19.0 Å². The Balaban J connectivity index is 1.99. The molecule has 3 rings (SSSR count). The van der Waals surface area contributed by atoms with E-state index < -0.39 is 5.82 Å². The van der Waals surface area contributed by atoms with E-state index in [4.69, 9.17) is 9.47 Å². The number of anilines is 1. The van der Waals surface area contributed by atoms with Gasteiger partial charge in [0.15, 0.2) is 11.6 Å². The second-order valence-electron chi connectivity index (χ2n) is 5.61. The van der Waals surface area contributed by atoms with Gasteiger partial charge in [-0.1, -0.05) is 0 Å². The van der Waals surface area contributed by atoms with Crippen LogP contribution >= 0.6 is 0 Å². The molecule has 0 spiro atoms. The highest BCUT2D eigenvalue weighted by molar-refractivity contribution is 5.90. The number of methoxy groups -OCH3 is 1. The number of benzene rings is 1. The van der Waals surface area contributed by atoms with Crippen molar-refractivity contribution in [1.82, 2.24) is 9.97 Å². The summed E-state index contributed by atoms with van der Waals surface area (Å²) in [5.74, 6) is 1.04. The summed E-state index contributed by atoms with van der Waals surface area (Å²) in [4.78, 5) is 8.76. The molecule has 0 radical (unpaired) electrons. The van der Waals surface area contributed by atoms with E-state index in [0.717, 1.165) is 24.8 Å². The number of aromatic nitrogens is 2. The third-order valence-corrected chi connectivity index (χ3v) is 3.97. The molecule has 1 N–H and O–H groups in total. The van der Waals surface area contributed by atoms with Gasteiger partial charge in [0.05, 0.1) is 24.8 Å². The third kappa shape index (κ3) is 2.83. The lowest BCUT2D eigenvalue weighted by molar-refractivity contribution is 0.0996. The number of ether oxygens (including phenoxy) is 2. The average molecular weight is 305 g/mol. The van der Waals surface area contributed by atoms with Gasteiger partial charge in [-0.25, -0.2) is 14.4 Å². The zero-order valence-corrected chi connectivity index (χ0v) is 13.0. The number of hydrogen-bond donors (Lipinski definition) is 1. The molecule has 0 amide bonds. The first-order valence-corrected chi connectivity index (χ1v) is 7.48. The number of aryl methyl sites for hydroxylation is 1. The predicted octanol–water partition coefficient (Wildman–Crippen LogP) is 3.07. The van der Waals surface area contributed by atoms with Gasteiger partial charge in [-0.2, -0.15) is 0 Å². The van der Waals surface area contributed by atoms with Gasteiger partial charge >= 0.3 is 0 Å². The SMILES string of the molecule is COc1cc2c(NC(C)C3CCCO3)nc(C)nc2cc1F. The zero-order valence-electron chi connectivity index (χ0n) is 13.0. The Morgan fingerprint density at radius 2 is 2.23 bits per heavy atom. The molecule has 1 aliphatic rings. The molecule has 1 saturated heterocycles. The van der Waals surface area contributed by atoms with E-state index in [2.05, 4.69) is 22.2 Å². The molecule has 0 saturated carbocycles. The van der Waals surface area contributed by atoms with Crippen LogP contribution in [0.15, 0.2) is 12.1 Å². The summed E-state index contributed by atoms with van der Waals surface area (Å²) in [5.41, 5.74) is 0.563. The van der Waals surface area contributed by atoms with Crippen LogP contribution in [0.25, 0.3) is 10.9 Å². The fourth-order valence-corrected chi connectivity index (χ4v) is 2.82. The van der Waals surface area contributed by atoms with Gasteiger partial charge in [0.1, 0.15) is 11.6 Å². The fourth-order valence-electron chi connectivity index (χ4n) is 2.82. The number of halogens is 1. The molecular weight excluding hydrogens is 285 g/mol. The lowest BCUT2D eigenvalue weighted by Gasteiger charge is -2.21. The Labute approximate surface area is 128 Å². The number of fused-ring (bicyclic) bond motifs is 1. The van der Waals surface area contributed by atoms with Crippen molar-refractivity contribution in [2.24, 2.45) is 0 Å². The van der Waals surface area contributed by atoms with E-state index in [9.17, 15) is 4.39 Å².